The lowest BCUT2D eigenvalue weighted by atomic mass is 9.83. The zero-order chi connectivity index (χ0) is 20.0. The number of allylic oxidation sites excluding steroid dienone is 1. The van der Waals surface area contributed by atoms with Crippen molar-refractivity contribution in [2.24, 2.45) is 5.73 Å². The van der Waals surface area contributed by atoms with E-state index in [0.29, 0.717) is 15.6 Å². The number of nitrogens with zero attached hydrogens (tertiary/aromatic N) is 1. The van der Waals surface area contributed by atoms with E-state index in [4.69, 9.17) is 19.6 Å². The highest BCUT2D eigenvalue weighted by molar-refractivity contribution is 9.10. The molecule has 0 aliphatic carbocycles. The van der Waals surface area contributed by atoms with Gasteiger partial charge in [0.25, 0.3) is 0 Å². The van der Waals surface area contributed by atoms with Gasteiger partial charge in [-0.3, -0.25) is 0 Å². The lowest BCUT2D eigenvalue weighted by Crippen LogP contribution is -2.26. The number of rotatable bonds is 2. The normalized spacial score (nSPS) is 15.7. The van der Waals surface area contributed by atoms with E-state index in [2.05, 4.69) is 15.9 Å². The van der Waals surface area contributed by atoms with Gasteiger partial charge >= 0.3 is 5.63 Å². The fourth-order valence-electron chi connectivity index (χ4n) is 3.27. The minimum absolute atomic E-state index is 0.0182. The minimum atomic E-state index is -1.05. The molecule has 1 aliphatic heterocycles. The number of fused-ring (bicyclic) bond motifs is 3. The van der Waals surface area contributed by atoms with Gasteiger partial charge in [-0.15, -0.1) is 0 Å². The molecule has 0 amide bonds. The van der Waals surface area contributed by atoms with Crippen molar-refractivity contribution in [1.29, 1.82) is 5.26 Å². The zero-order valence-electron chi connectivity index (χ0n) is 14.5. The Hall–Kier alpha value is -3.31. The highest BCUT2D eigenvalue weighted by atomic mass is 79.9. The standard InChI is InChI=1S/C20H12BrFN2O4/c1-26-10-3-5-12-15(7-10)27-20(25)17-16(11-4-2-9(21)6-14(11)22)13(8-23)19(24)28-18(12)17/h2-7,16H,24H2,1H3. The number of hydrogen-bond donors (Lipinski definition) is 1. The Kier molecular flexibility index (Phi) is 4.32. The summed E-state index contributed by atoms with van der Waals surface area (Å²) < 4.78 is 31.4. The molecule has 0 saturated carbocycles. The van der Waals surface area contributed by atoms with Crippen LogP contribution in [-0.2, 0) is 0 Å². The molecule has 140 valence electrons. The van der Waals surface area contributed by atoms with Crippen LogP contribution in [0.25, 0.3) is 11.0 Å². The molecule has 0 radical (unpaired) electrons. The third kappa shape index (κ3) is 2.72. The predicted octanol–water partition coefficient (Wildman–Crippen LogP) is 3.92. The Morgan fingerprint density at radius 1 is 1.29 bits per heavy atom. The fourth-order valence-corrected chi connectivity index (χ4v) is 3.60. The van der Waals surface area contributed by atoms with Crippen LogP contribution in [0, 0.1) is 17.1 Å². The van der Waals surface area contributed by atoms with E-state index in [-0.39, 0.29) is 33.9 Å². The lowest BCUT2D eigenvalue weighted by molar-refractivity contribution is 0.386. The van der Waals surface area contributed by atoms with E-state index in [1.54, 1.807) is 18.2 Å². The third-order valence-corrected chi connectivity index (χ3v) is 5.04. The first-order chi connectivity index (χ1) is 13.4. The van der Waals surface area contributed by atoms with Crippen molar-refractivity contribution in [2.45, 2.75) is 5.92 Å². The fraction of sp³-hybridized carbons (Fsp3) is 0.100. The summed E-state index contributed by atoms with van der Waals surface area (Å²) in [7, 11) is 1.49. The van der Waals surface area contributed by atoms with Crippen LogP contribution in [0.1, 0.15) is 17.0 Å². The van der Waals surface area contributed by atoms with Gasteiger partial charge in [0.1, 0.15) is 28.8 Å². The molecule has 3 aromatic rings. The first-order valence-corrected chi connectivity index (χ1v) is 8.91. The molecule has 28 heavy (non-hydrogen) atoms. The van der Waals surface area contributed by atoms with Gasteiger partial charge in [-0.2, -0.15) is 5.26 Å². The molecule has 1 aromatic heterocycles. The summed E-state index contributed by atoms with van der Waals surface area (Å²) in [5, 5.41) is 10.0. The summed E-state index contributed by atoms with van der Waals surface area (Å²) in [6, 6.07) is 11.1. The van der Waals surface area contributed by atoms with Crippen LogP contribution in [0.5, 0.6) is 11.5 Å². The molecule has 1 unspecified atom stereocenters. The lowest BCUT2D eigenvalue weighted by Gasteiger charge is -2.26. The summed E-state index contributed by atoms with van der Waals surface area (Å²) in [4.78, 5) is 12.8. The first-order valence-electron chi connectivity index (χ1n) is 8.12. The van der Waals surface area contributed by atoms with Crippen molar-refractivity contribution in [3.05, 3.63) is 79.7 Å². The molecule has 2 heterocycles. The largest absolute Gasteiger partial charge is 0.497 e. The second kappa shape index (κ2) is 6.69. The molecule has 2 aromatic carbocycles. The van der Waals surface area contributed by atoms with Crippen molar-refractivity contribution < 1.29 is 18.3 Å². The van der Waals surface area contributed by atoms with Crippen molar-refractivity contribution in [3.8, 4) is 17.6 Å². The van der Waals surface area contributed by atoms with Gasteiger partial charge in [0, 0.05) is 16.1 Å². The summed E-state index contributed by atoms with van der Waals surface area (Å²) in [5.41, 5.74) is 5.51. The Labute approximate surface area is 166 Å². The van der Waals surface area contributed by atoms with Gasteiger partial charge in [-0.1, -0.05) is 22.0 Å². The van der Waals surface area contributed by atoms with Crippen molar-refractivity contribution >= 4 is 26.9 Å². The van der Waals surface area contributed by atoms with E-state index in [1.165, 1.54) is 25.3 Å². The SMILES string of the molecule is COc1ccc2c3c(c(=O)oc2c1)C(c1ccc(Br)cc1F)C(C#N)=C(N)O3. The molecule has 0 fully saturated rings. The van der Waals surface area contributed by atoms with E-state index >= 15 is 0 Å². The average Bonchev–Trinajstić information content (AvgIpc) is 2.66. The minimum Gasteiger partial charge on any atom is -0.497 e. The predicted molar refractivity (Wildman–Crippen MR) is 102 cm³/mol. The highest BCUT2D eigenvalue weighted by Gasteiger charge is 2.36. The summed E-state index contributed by atoms with van der Waals surface area (Å²) in [6.07, 6.45) is 0. The smallest absolute Gasteiger partial charge is 0.344 e. The third-order valence-electron chi connectivity index (χ3n) is 4.55. The van der Waals surface area contributed by atoms with Crippen molar-refractivity contribution in [3.63, 3.8) is 0 Å². The maximum atomic E-state index is 14.7. The topological polar surface area (TPSA) is 98.5 Å². The van der Waals surface area contributed by atoms with Gasteiger partial charge in [0.15, 0.2) is 5.75 Å². The van der Waals surface area contributed by atoms with Crippen LogP contribution in [0.2, 0.25) is 0 Å². The van der Waals surface area contributed by atoms with Gasteiger partial charge < -0.3 is 19.6 Å². The van der Waals surface area contributed by atoms with Gasteiger partial charge in [0.05, 0.1) is 24.0 Å². The molecular formula is C20H12BrFN2O4. The number of benzene rings is 2. The summed E-state index contributed by atoms with van der Waals surface area (Å²) in [5.74, 6) is -1.21. The van der Waals surface area contributed by atoms with E-state index < -0.39 is 17.4 Å². The van der Waals surface area contributed by atoms with Crippen LogP contribution in [0.3, 0.4) is 0 Å². The van der Waals surface area contributed by atoms with Gasteiger partial charge in [0.2, 0.25) is 5.88 Å². The van der Waals surface area contributed by atoms with Crippen LogP contribution in [0.4, 0.5) is 4.39 Å². The van der Waals surface area contributed by atoms with Crippen LogP contribution < -0.4 is 20.8 Å². The molecule has 2 N–H and O–H groups in total. The average molecular weight is 443 g/mol. The Balaban J connectivity index is 2.07. The number of methoxy groups -OCH3 is 1. The molecule has 0 bridgehead atoms. The number of hydrogen-bond acceptors (Lipinski definition) is 6. The monoisotopic (exact) mass is 442 g/mol. The number of ether oxygens (including phenoxy) is 2. The first kappa shape index (κ1) is 18.1. The maximum absolute atomic E-state index is 14.7. The van der Waals surface area contributed by atoms with E-state index in [1.807, 2.05) is 6.07 Å². The van der Waals surface area contributed by atoms with Crippen molar-refractivity contribution in [1.82, 2.24) is 0 Å². The molecule has 6 nitrogen and oxygen atoms in total. The van der Waals surface area contributed by atoms with E-state index in [0.717, 1.165) is 0 Å². The molecule has 1 aliphatic rings. The molecular weight excluding hydrogens is 431 g/mol. The summed E-state index contributed by atoms with van der Waals surface area (Å²) in [6.45, 7) is 0. The molecule has 1 atom stereocenters. The second-order valence-corrected chi connectivity index (χ2v) is 7.00. The Morgan fingerprint density at radius 3 is 2.75 bits per heavy atom. The molecule has 4 rings (SSSR count). The van der Waals surface area contributed by atoms with Gasteiger partial charge in [-0.05, 0) is 24.3 Å². The number of nitriles is 1. The number of nitrogens with two attached hydrogens (primary N) is 1. The summed E-state index contributed by atoms with van der Waals surface area (Å²) >= 11 is 3.20. The zero-order valence-corrected chi connectivity index (χ0v) is 16.0. The Bertz CT molecular complexity index is 1260. The highest BCUT2D eigenvalue weighted by Crippen LogP contribution is 2.44. The molecule has 8 heteroatoms. The molecule has 0 saturated heterocycles. The maximum Gasteiger partial charge on any atom is 0.344 e. The second-order valence-electron chi connectivity index (χ2n) is 6.09. The quantitative estimate of drug-likeness (QED) is 0.603. The molecule has 0 spiro atoms. The van der Waals surface area contributed by atoms with Crippen LogP contribution >= 0.6 is 15.9 Å². The van der Waals surface area contributed by atoms with Crippen LogP contribution in [-0.4, -0.2) is 7.11 Å². The van der Waals surface area contributed by atoms with Gasteiger partial charge in [-0.25, -0.2) is 9.18 Å². The number of halogens is 2. The van der Waals surface area contributed by atoms with Crippen LogP contribution in [0.15, 0.2) is 61.5 Å². The Morgan fingerprint density at radius 2 is 2.07 bits per heavy atom. The van der Waals surface area contributed by atoms with E-state index in [9.17, 15) is 14.4 Å². The van der Waals surface area contributed by atoms with Crippen molar-refractivity contribution in [2.75, 3.05) is 7.11 Å².